The molecule has 1 aromatic carbocycles. The van der Waals surface area contributed by atoms with Gasteiger partial charge in [-0.1, -0.05) is 11.6 Å². The van der Waals surface area contributed by atoms with Crippen LogP contribution < -0.4 is 15.5 Å². The third kappa shape index (κ3) is 6.28. The molecular weight excluding hydrogens is 430 g/mol. The van der Waals surface area contributed by atoms with E-state index in [9.17, 15) is 14.4 Å². The number of nitrogens with zero attached hydrogens (tertiary/aromatic N) is 3. The number of hydrogen-bond donors (Lipinski definition) is 2. The van der Waals surface area contributed by atoms with Crippen molar-refractivity contribution in [2.45, 2.75) is 52.6 Å². The van der Waals surface area contributed by atoms with E-state index in [0.717, 1.165) is 18.5 Å². The summed E-state index contributed by atoms with van der Waals surface area (Å²) in [5, 5.41) is 6.24. The Labute approximate surface area is 195 Å². The highest BCUT2D eigenvalue weighted by atomic mass is 35.5. The molecule has 1 heterocycles. The van der Waals surface area contributed by atoms with E-state index in [-0.39, 0.29) is 42.4 Å². The molecule has 0 spiro atoms. The zero-order valence-corrected chi connectivity index (χ0v) is 20.1. The number of hydrogen-bond acceptors (Lipinski definition) is 4. The molecule has 1 aromatic rings. The van der Waals surface area contributed by atoms with Gasteiger partial charge in [-0.25, -0.2) is 4.79 Å². The van der Waals surface area contributed by atoms with Gasteiger partial charge in [0.1, 0.15) is 6.54 Å². The minimum atomic E-state index is -0.262. The van der Waals surface area contributed by atoms with Crippen LogP contribution in [0.25, 0.3) is 0 Å². The van der Waals surface area contributed by atoms with Gasteiger partial charge in [-0.2, -0.15) is 0 Å². The number of carbonyl (C=O) groups excluding carboxylic acids is 3. The van der Waals surface area contributed by atoms with Gasteiger partial charge in [-0.3, -0.25) is 9.59 Å². The van der Waals surface area contributed by atoms with E-state index in [2.05, 4.69) is 15.5 Å². The summed E-state index contributed by atoms with van der Waals surface area (Å²) < 4.78 is 0. The van der Waals surface area contributed by atoms with Crippen LogP contribution in [0.5, 0.6) is 0 Å². The molecule has 3 rings (SSSR count). The molecule has 2 aliphatic rings. The second kappa shape index (κ2) is 10.4. The Hall–Kier alpha value is -2.48. The van der Waals surface area contributed by atoms with E-state index in [1.807, 2.05) is 44.7 Å². The highest BCUT2D eigenvalue weighted by molar-refractivity contribution is 6.33. The van der Waals surface area contributed by atoms with Gasteiger partial charge >= 0.3 is 6.03 Å². The van der Waals surface area contributed by atoms with Crippen LogP contribution in [-0.4, -0.2) is 72.5 Å². The number of anilines is 2. The SMILES string of the molecule is CC(C)NC(=O)N1CCN(c2ccc(Cl)c(NC(=O)CN(C(=O)C3CC3)C(C)C)c2)CC1. The lowest BCUT2D eigenvalue weighted by atomic mass is 10.2. The van der Waals surface area contributed by atoms with Gasteiger partial charge < -0.3 is 25.3 Å². The summed E-state index contributed by atoms with van der Waals surface area (Å²) in [4.78, 5) is 43.0. The standard InChI is InChI=1S/C23H34ClN5O3/c1-15(2)25-23(32)28-11-9-27(10-12-28)18-7-8-19(24)20(13-18)26-21(30)14-29(16(3)4)22(31)17-5-6-17/h7-8,13,15-17H,5-6,9-12,14H2,1-4H3,(H,25,32)(H,26,30). The smallest absolute Gasteiger partial charge is 0.317 e. The van der Waals surface area contributed by atoms with Crippen molar-refractivity contribution in [1.82, 2.24) is 15.1 Å². The Balaban J connectivity index is 1.60. The molecule has 0 aromatic heterocycles. The summed E-state index contributed by atoms with van der Waals surface area (Å²) in [6.07, 6.45) is 1.81. The van der Waals surface area contributed by atoms with Crippen LogP contribution in [0.15, 0.2) is 18.2 Å². The van der Waals surface area contributed by atoms with Gasteiger partial charge in [0.25, 0.3) is 0 Å². The molecule has 0 bridgehead atoms. The summed E-state index contributed by atoms with van der Waals surface area (Å²) in [5.74, 6) is -0.144. The van der Waals surface area contributed by atoms with Crippen molar-refractivity contribution in [3.63, 3.8) is 0 Å². The molecule has 0 atom stereocenters. The third-order valence-corrected chi connectivity index (χ3v) is 6.04. The fraction of sp³-hybridized carbons (Fsp3) is 0.609. The Bertz CT molecular complexity index is 848. The van der Waals surface area contributed by atoms with E-state index < -0.39 is 0 Å². The number of urea groups is 1. The summed E-state index contributed by atoms with van der Waals surface area (Å²) >= 11 is 6.34. The van der Waals surface area contributed by atoms with E-state index in [1.54, 1.807) is 11.0 Å². The maximum absolute atomic E-state index is 12.7. The second-order valence-corrected chi connectivity index (χ2v) is 9.53. The third-order valence-electron chi connectivity index (χ3n) is 5.72. The maximum Gasteiger partial charge on any atom is 0.317 e. The number of nitrogens with one attached hydrogen (secondary N) is 2. The van der Waals surface area contributed by atoms with Crippen molar-refractivity contribution >= 4 is 40.8 Å². The van der Waals surface area contributed by atoms with E-state index in [0.29, 0.717) is 36.9 Å². The minimum Gasteiger partial charge on any atom is -0.368 e. The van der Waals surface area contributed by atoms with Crippen molar-refractivity contribution in [3.8, 4) is 0 Å². The molecule has 1 aliphatic carbocycles. The molecule has 8 nitrogen and oxygen atoms in total. The Morgan fingerprint density at radius 1 is 1.09 bits per heavy atom. The topological polar surface area (TPSA) is 85.0 Å². The van der Waals surface area contributed by atoms with Crippen LogP contribution in [0.2, 0.25) is 5.02 Å². The normalized spacial score (nSPS) is 16.3. The summed E-state index contributed by atoms with van der Waals surface area (Å²) in [5.41, 5.74) is 1.46. The zero-order valence-electron chi connectivity index (χ0n) is 19.4. The monoisotopic (exact) mass is 463 g/mol. The molecule has 1 saturated heterocycles. The molecule has 4 amide bonds. The molecule has 32 heavy (non-hydrogen) atoms. The summed E-state index contributed by atoms with van der Waals surface area (Å²) in [7, 11) is 0. The number of rotatable bonds is 7. The number of carbonyl (C=O) groups is 3. The molecule has 176 valence electrons. The van der Waals surface area contributed by atoms with Crippen LogP contribution in [0.3, 0.4) is 0 Å². The van der Waals surface area contributed by atoms with Crippen molar-refractivity contribution in [2.24, 2.45) is 5.92 Å². The number of amides is 4. The lowest BCUT2D eigenvalue weighted by Gasteiger charge is -2.36. The number of halogens is 1. The van der Waals surface area contributed by atoms with Crippen molar-refractivity contribution in [1.29, 1.82) is 0 Å². The van der Waals surface area contributed by atoms with Crippen molar-refractivity contribution < 1.29 is 14.4 Å². The first-order chi connectivity index (χ1) is 15.2. The minimum absolute atomic E-state index is 0.0111. The van der Waals surface area contributed by atoms with Gasteiger partial charge in [-0.15, -0.1) is 0 Å². The van der Waals surface area contributed by atoms with Gasteiger partial charge in [0.15, 0.2) is 0 Å². The van der Waals surface area contributed by atoms with E-state index in [1.165, 1.54) is 0 Å². The van der Waals surface area contributed by atoms with Gasteiger partial charge in [0.05, 0.1) is 10.7 Å². The van der Waals surface area contributed by atoms with E-state index >= 15 is 0 Å². The maximum atomic E-state index is 12.7. The average molecular weight is 464 g/mol. The zero-order chi connectivity index (χ0) is 23.4. The van der Waals surface area contributed by atoms with Crippen LogP contribution in [-0.2, 0) is 9.59 Å². The van der Waals surface area contributed by atoms with Gasteiger partial charge in [-0.05, 0) is 58.7 Å². The lowest BCUT2D eigenvalue weighted by Crippen LogP contribution is -2.52. The predicted molar refractivity (Wildman–Crippen MR) is 127 cm³/mol. The number of piperazine rings is 1. The summed E-state index contributed by atoms with van der Waals surface area (Å²) in [6.45, 7) is 10.4. The van der Waals surface area contributed by atoms with Crippen molar-refractivity contribution in [2.75, 3.05) is 42.9 Å². The lowest BCUT2D eigenvalue weighted by molar-refractivity contribution is -0.137. The average Bonchev–Trinajstić information content (AvgIpc) is 3.58. The Morgan fingerprint density at radius 3 is 2.31 bits per heavy atom. The second-order valence-electron chi connectivity index (χ2n) is 9.12. The molecule has 9 heteroatoms. The van der Waals surface area contributed by atoms with Crippen molar-refractivity contribution in [3.05, 3.63) is 23.2 Å². The molecule has 0 unspecified atom stereocenters. The van der Waals surface area contributed by atoms with Crippen LogP contribution in [0.4, 0.5) is 16.2 Å². The van der Waals surface area contributed by atoms with Crippen LogP contribution >= 0.6 is 11.6 Å². The fourth-order valence-electron chi connectivity index (χ4n) is 3.74. The van der Waals surface area contributed by atoms with E-state index in [4.69, 9.17) is 11.6 Å². The van der Waals surface area contributed by atoms with Gasteiger partial charge in [0.2, 0.25) is 11.8 Å². The first-order valence-electron chi connectivity index (χ1n) is 11.4. The number of benzene rings is 1. The van der Waals surface area contributed by atoms with Crippen LogP contribution in [0.1, 0.15) is 40.5 Å². The summed E-state index contributed by atoms with van der Waals surface area (Å²) in [6, 6.07) is 5.55. The molecule has 2 fully saturated rings. The molecule has 2 N–H and O–H groups in total. The molecule has 1 aliphatic heterocycles. The predicted octanol–water partition coefficient (Wildman–Crippen LogP) is 3.17. The first kappa shape index (κ1) is 24.2. The highest BCUT2D eigenvalue weighted by Crippen LogP contribution is 2.32. The largest absolute Gasteiger partial charge is 0.368 e. The molecule has 1 saturated carbocycles. The van der Waals surface area contributed by atoms with Gasteiger partial charge in [0, 0.05) is 49.9 Å². The Morgan fingerprint density at radius 2 is 1.75 bits per heavy atom. The quantitative estimate of drug-likeness (QED) is 0.650. The highest BCUT2D eigenvalue weighted by Gasteiger charge is 2.35. The first-order valence-corrected chi connectivity index (χ1v) is 11.7. The molecular formula is C23H34ClN5O3. The molecule has 0 radical (unpaired) electrons. The van der Waals surface area contributed by atoms with Crippen LogP contribution in [0, 0.1) is 5.92 Å². The fourth-order valence-corrected chi connectivity index (χ4v) is 3.90. The Kier molecular flexibility index (Phi) is 7.87.